The Labute approximate surface area is 126 Å². The highest BCUT2D eigenvalue weighted by molar-refractivity contribution is 5.54. The van der Waals surface area contributed by atoms with Crippen LogP contribution in [0.15, 0.2) is 18.2 Å². The van der Waals surface area contributed by atoms with Crippen molar-refractivity contribution in [1.82, 2.24) is 4.90 Å². The molecule has 4 heteroatoms. The van der Waals surface area contributed by atoms with Crippen LogP contribution >= 0.6 is 0 Å². The van der Waals surface area contributed by atoms with E-state index in [1.165, 1.54) is 5.56 Å². The molecule has 1 aliphatic carbocycles. The van der Waals surface area contributed by atoms with E-state index in [0.29, 0.717) is 0 Å². The van der Waals surface area contributed by atoms with Gasteiger partial charge in [0.2, 0.25) is 0 Å². The van der Waals surface area contributed by atoms with Crippen molar-refractivity contribution in [2.75, 3.05) is 27.7 Å². The summed E-state index contributed by atoms with van der Waals surface area (Å²) in [5, 5.41) is 10.5. The summed E-state index contributed by atoms with van der Waals surface area (Å²) in [6.45, 7) is 0.989. The number of hydrogen-bond acceptors (Lipinski definition) is 4. The van der Waals surface area contributed by atoms with E-state index in [2.05, 4.69) is 25.1 Å². The summed E-state index contributed by atoms with van der Waals surface area (Å²) in [4.78, 5) is 2.20. The van der Waals surface area contributed by atoms with Gasteiger partial charge in [0.15, 0.2) is 11.5 Å². The molecule has 0 spiro atoms. The summed E-state index contributed by atoms with van der Waals surface area (Å²) in [6.07, 6.45) is 3.41. The summed E-state index contributed by atoms with van der Waals surface area (Å²) in [5.74, 6) is 1.61. The highest BCUT2D eigenvalue weighted by atomic mass is 16.5. The quantitative estimate of drug-likeness (QED) is 0.923. The van der Waals surface area contributed by atoms with Crippen LogP contribution < -0.4 is 9.47 Å². The smallest absolute Gasteiger partial charge is 0.165 e. The first-order valence-electron chi connectivity index (χ1n) is 7.75. The summed E-state index contributed by atoms with van der Waals surface area (Å²) in [6, 6.07) is 6.11. The maximum atomic E-state index is 10.5. The van der Waals surface area contributed by atoms with Gasteiger partial charge in [-0.2, -0.15) is 0 Å². The molecule has 116 valence electrons. The molecule has 3 atom stereocenters. The Balaban J connectivity index is 2.04. The molecule has 0 bridgehead atoms. The molecule has 3 rings (SSSR count). The van der Waals surface area contributed by atoms with Crippen LogP contribution in [0.1, 0.15) is 31.2 Å². The monoisotopic (exact) mass is 291 g/mol. The molecule has 1 saturated carbocycles. The molecule has 4 nitrogen and oxygen atoms in total. The zero-order valence-corrected chi connectivity index (χ0v) is 13.1. The number of ether oxygens (including phenoxy) is 2. The van der Waals surface area contributed by atoms with Crippen molar-refractivity contribution in [3.8, 4) is 11.5 Å². The molecule has 1 aromatic carbocycles. The van der Waals surface area contributed by atoms with Gasteiger partial charge in [-0.3, -0.25) is 0 Å². The summed E-state index contributed by atoms with van der Waals surface area (Å²) in [5.41, 5.74) is 1.14. The first-order valence-corrected chi connectivity index (χ1v) is 7.75. The molecule has 0 aromatic heterocycles. The first kappa shape index (κ1) is 14.7. The van der Waals surface area contributed by atoms with Crippen LogP contribution in [0.5, 0.6) is 11.5 Å². The van der Waals surface area contributed by atoms with Crippen molar-refractivity contribution in [1.29, 1.82) is 0 Å². The van der Waals surface area contributed by atoms with Crippen molar-refractivity contribution in [3.05, 3.63) is 23.8 Å². The predicted molar refractivity (Wildman–Crippen MR) is 82.1 cm³/mol. The van der Waals surface area contributed by atoms with E-state index in [9.17, 15) is 5.11 Å². The van der Waals surface area contributed by atoms with Gasteiger partial charge < -0.3 is 19.5 Å². The third-order valence-corrected chi connectivity index (χ3v) is 5.00. The Bertz CT molecular complexity index is 517. The molecule has 21 heavy (non-hydrogen) atoms. The van der Waals surface area contributed by atoms with Gasteiger partial charge in [0, 0.05) is 11.0 Å². The maximum absolute atomic E-state index is 10.5. The number of rotatable bonds is 4. The highest BCUT2D eigenvalue weighted by Crippen LogP contribution is 2.55. The van der Waals surface area contributed by atoms with E-state index in [1.807, 2.05) is 12.1 Å². The minimum Gasteiger partial charge on any atom is -0.493 e. The topological polar surface area (TPSA) is 41.9 Å². The van der Waals surface area contributed by atoms with Crippen molar-refractivity contribution in [2.45, 2.75) is 43.3 Å². The minimum absolute atomic E-state index is 0.0776. The fraction of sp³-hybridized carbons (Fsp3) is 0.647. The number of fused-ring (bicyclic) bond motifs is 3. The first-order chi connectivity index (χ1) is 10.1. The van der Waals surface area contributed by atoms with E-state index in [4.69, 9.17) is 9.47 Å². The Morgan fingerprint density at radius 1 is 1.43 bits per heavy atom. The fourth-order valence-electron chi connectivity index (χ4n) is 3.91. The number of hydrogen-bond donors (Lipinski definition) is 1. The molecule has 0 amide bonds. The molecule has 0 unspecified atom stereocenters. The lowest BCUT2D eigenvalue weighted by atomic mass is 9.65. The van der Waals surface area contributed by atoms with E-state index < -0.39 is 6.10 Å². The molecule has 1 N–H and O–H groups in total. The number of methoxy groups -OCH3 is 1. The number of aliphatic hydroxyl groups excluding tert-OH is 1. The van der Waals surface area contributed by atoms with Crippen LogP contribution in [0.4, 0.5) is 0 Å². The van der Waals surface area contributed by atoms with Gasteiger partial charge in [-0.1, -0.05) is 12.1 Å². The minimum atomic E-state index is -0.391. The van der Waals surface area contributed by atoms with E-state index >= 15 is 0 Å². The Hall–Kier alpha value is -1.26. The zero-order valence-electron chi connectivity index (χ0n) is 13.1. The lowest BCUT2D eigenvalue weighted by molar-refractivity contribution is -0.0303. The Morgan fingerprint density at radius 3 is 2.95 bits per heavy atom. The van der Waals surface area contributed by atoms with Crippen LogP contribution in [-0.4, -0.2) is 50.0 Å². The number of benzene rings is 1. The largest absolute Gasteiger partial charge is 0.493 e. The molecule has 0 radical (unpaired) electrons. The summed E-state index contributed by atoms with van der Waals surface area (Å²) < 4.78 is 11.6. The third-order valence-electron chi connectivity index (χ3n) is 5.00. The molecule has 0 saturated heterocycles. The van der Waals surface area contributed by atoms with Gasteiger partial charge in [0.05, 0.1) is 13.2 Å². The zero-order chi connectivity index (χ0) is 15.0. The average Bonchev–Trinajstić information content (AvgIpc) is 2.81. The van der Waals surface area contributed by atoms with Crippen LogP contribution in [0.25, 0.3) is 0 Å². The highest BCUT2D eigenvalue weighted by Gasteiger charge is 2.54. The second-order valence-electron chi connectivity index (χ2n) is 6.54. The van der Waals surface area contributed by atoms with Gasteiger partial charge in [-0.25, -0.2) is 0 Å². The van der Waals surface area contributed by atoms with Crippen molar-refractivity contribution in [3.63, 3.8) is 0 Å². The molecule has 1 aliphatic heterocycles. The van der Waals surface area contributed by atoms with E-state index in [0.717, 1.165) is 43.7 Å². The molecular weight excluding hydrogens is 266 g/mol. The lowest BCUT2D eigenvalue weighted by Gasteiger charge is -2.41. The fourth-order valence-corrected chi connectivity index (χ4v) is 3.91. The van der Waals surface area contributed by atoms with Gasteiger partial charge in [0.25, 0.3) is 0 Å². The van der Waals surface area contributed by atoms with Crippen LogP contribution in [-0.2, 0) is 5.41 Å². The summed E-state index contributed by atoms with van der Waals surface area (Å²) >= 11 is 0. The standard InChI is InChI=1S/C17H25NO3/c1-18(2)11-10-17-9-5-7-13(19)16(17)21-15-12(17)6-4-8-14(15)20-3/h4,6,8,13,16,19H,5,7,9-11H2,1-3H3/t13-,16+,17-/m1/s1. The molecule has 1 fully saturated rings. The SMILES string of the molecule is COc1cccc2c1O[C@H]1[C@H](O)CCC[C@@]21CCN(C)C. The Morgan fingerprint density at radius 2 is 2.24 bits per heavy atom. The van der Waals surface area contributed by atoms with Crippen LogP contribution in [0.2, 0.25) is 0 Å². The van der Waals surface area contributed by atoms with Gasteiger partial charge in [0.1, 0.15) is 6.10 Å². The molecule has 1 heterocycles. The Kier molecular flexibility index (Phi) is 3.84. The van der Waals surface area contributed by atoms with Crippen molar-refractivity contribution >= 4 is 0 Å². The number of para-hydroxylation sites is 1. The predicted octanol–water partition coefficient (Wildman–Crippen LogP) is 2.19. The lowest BCUT2D eigenvalue weighted by Crippen LogP contribution is -2.50. The van der Waals surface area contributed by atoms with Gasteiger partial charge >= 0.3 is 0 Å². The van der Waals surface area contributed by atoms with Crippen LogP contribution in [0, 0.1) is 0 Å². The van der Waals surface area contributed by atoms with Crippen molar-refractivity contribution < 1.29 is 14.6 Å². The third kappa shape index (κ3) is 2.30. The van der Waals surface area contributed by atoms with Crippen LogP contribution in [0.3, 0.4) is 0 Å². The summed E-state index contributed by atoms with van der Waals surface area (Å²) in [7, 11) is 5.85. The molecule has 2 aliphatic rings. The number of nitrogens with zero attached hydrogens (tertiary/aromatic N) is 1. The van der Waals surface area contributed by atoms with Crippen molar-refractivity contribution in [2.24, 2.45) is 0 Å². The van der Waals surface area contributed by atoms with Gasteiger partial charge in [-0.05, 0) is 52.4 Å². The second-order valence-corrected chi connectivity index (χ2v) is 6.54. The second kappa shape index (κ2) is 5.50. The molecule has 1 aromatic rings. The van der Waals surface area contributed by atoms with E-state index in [-0.39, 0.29) is 11.5 Å². The average molecular weight is 291 g/mol. The molecular formula is C17H25NO3. The maximum Gasteiger partial charge on any atom is 0.165 e. The normalized spacial score (nSPS) is 30.7. The number of aliphatic hydroxyl groups is 1. The van der Waals surface area contributed by atoms with Gasteiger partial charge in [-0.15, -0.1) is 0 Å². The van der Waals surface area contributed by atoms with E-state index in [1.54, 1.807) is 7.11 Å².